The van der Waals surface area contributed by atoms with Crippen molar-refractivity contribution in [1.82, 2.24) is 5.32 Å². The van der Waals surface area contributed by atoms with Crippen LogP contribution in [0, 0.1) is 11.8 Å². The smallest absolute Gasteiger partial charge is 0.0748 e. The van der Waals surface area contributed by atoms with Crippen LogP contribution >= 0.6 is 23.2 Å². The molecule has 0 spiro atoms. The minimum absolute atomic E-state index is 0.174. The molecule has 2 aliphatic rings. The second-order valence-corrected chi connectivity index (χ2v) is 7.90. The number of rotatable bonds is 3. The zero-order valence-electron chi connectivity index (χ0n) is 13.0. The lowest BCUT2D eigenvalue weighted by atomic mass is 9.87. The molecule has 1 aliphatic carbocycles. The highest BCUT2D eigenvalue weighted by Gasteiger charge is 2.47. The van der Waals surface area contributed by atoms with Gasteiger partial charge in [-0.15, -0.1) is 0 Å². The van der Waals surface area contributed by atoms with Crippen molar-refractivity contribution >= 4 is 28.9 Å². The van der Waals surface area contributed by atoms with Gasteiger partial charge in [-0.05, 0) is 43.7 Å². The first-order valence-corrected chi connectivity index (χ1v) is 8.63. The Kier molecular flexibility index (Phi) is 4.15. The number of hydrogen-bond donors (Lipinski definition) is 1. The number of hydrogen-bond acceptors (Lipinski definition) is 2. The van der Waals surface area contributed by atoms with E-state index in [0.717, 1.165) is 34.7 Å². The van der Waals surface area contributed by atoms with Crippen LogP contribution in [-0.2, 0) is 0 Å². The maximum absolute atomic E-state index is 6.47. The molecular weight excluding hydrogens is 303 g/mol. The van der Waals surface area contributed by atoms with Crippen molar-refractivity contribution < 1.29 is 0 Å². The van der Waals surface area contributed by atoms with Crippen LogP contribution < -0.4 is 10.2 Å². The van der Waals surface area contributed by atoms with Crippen molar-refractivity contribution in [1.29, 1.82) is 0 Å². The van der Waals surface area contributed by atoms with Crippen LogP contribution in [0.25, 0.3) is 0 Å². The molecule has 116 valence electrons. The van der Waals surface area contributed by atoms with E-state index in [0.29, 0.717) is 12.0 Å². The highest BCUT2D eigenvalue weighted by molar-refractivity contribution is 6.39. The van der Waals surface area contributed by atoms with E-state index in [2.05, 4.69) is 31.0 Å². The molecule has 1 aromatic carbocycles. The Morgan fingerprint density at radius 1 is 1.24 bits per heavy atom. The van der Waals surface area contributed by atoms with Crippen molar-refractivity contribution in [3.63, 3.8) is 0 Å². The topological polar surface area (TPSA) is 15.3 Å². The molecule has 1 heterocycles. The van der Waals surface area contributed by atoms with Gasteiger partial charge in [-0.1, -0.05) is 43.1 Å². The van der Waals surface area contributed by atoms with E-state index >= 15 is 0 Å². The summed E-state index contributed by atoms with van der Waals surface area (Å²) in [5.74, 6) is 1.34. The first-order valence-electron chi connectivity index (χ1n) is 7.88. The lowest BCUT2D eigenvalue weighted by Gasteiger charge is -2.49. The molecule has 0 amide bonds. The summed E-state index contributed by atoms with van der Waals surface area (Å²) in [4.78, 5) is 2.45. The van der Waals surface area contributed by atoms with Gasteiger partial charge in [0.15, 0.2) is 0 Å². The van der Waals surface area contributed by atoms with Gasteiger partial charge in [0, 0.05) is 24.7 Å². The lowest BCUT2D eigenvalue weighted by molar-refractivity contribution is 0.233. The molecule has 3 rings (SSSR count). The Hall–Kier alpha value is -0.440. The van der Waals surface area contributed by atoms with Crippen molar-refractivity contribution in [3.05, 3.63) is 28.2 Å². The van der Waals surface area contributed by atoms with Gasteiger partial charge in [0.1, 0.15) is 0 Å². The van der Waals surface area contributed by atoms with Gasteiger partial charge in [-0.25, -0.2) is 0 Å². The SMILES string of the molecule is CC(C)C1CNC(C)(C2CC2)CN1c1c(Cl)cccc1Cl. The second kappa shape index (κ2) is 5.64. The highest BCUT2D eigenvalue weighted by atomic mass is 35.5. The van der Waals surface area contributed by atoms with Gasteiger partial charge >= 0.3 is 0 Å². The summed E-state index contributed by atoms with van der Waals surface area (Å²) in [5, 5.41) is 5.31. The van der Waals surface area contributed by atoms with Gasteiger partial charge < -0.3 is 10.2 Å². The van der Waals surface area contributed by atoms with Crippen LogP contribution in [0.15, 0.2) is 18.2 Å². The molecule has 4 heteroatoms. The van der Waals surface area contributed by atoms with E-state index in [9.17, 15) is 0 Å². The third-order valence-electron chi connectivity index (χ3n) is 5.09. The van der Waals surface area contributed by atoms with Gasteiger partial charge in [-0.2, -0.15) is 0 Å². The van der Waals surface area contributed by atoms with Crippen LogP contribution in [0.5, 0.6) is 0 Å². The Morgan fingerprint density at radius 3 is 2.38 bits per heavy atom. The molecule has 2 nitrogen and oxygen atoms in total. The Morgan fingerprint density at radius 2 is 1.86 bits per heavy atom. The Balaban J connectivity index is 1.97. The third-order valence-corrected chi connectivity index (χ3v) is 5.70. The first-order chi connectivity index (χ1) is 9.92. The molecular formula is C17H24Cl2N2. The summed E-state index contributed by atoms with van der Waals surface area (Å²) < 4.78 is 0. The Labute approximate surface area is 137 Å². The van der Waals surface area contributed by atoms with E-state index in [-0.39, 0.29) is 5.54 Å². The average molecular weight is 327 g/mol. The molecule has 0 radical (unpaired) electrons. The predicted molar refractivity (Wildman–Crippen MR) is 91.6 cm³/mol. The highest BCUT2D eigenvalue weighted by Crippen LogP contribution is 2.44. The summed E-state index contributed by atoms with van der Waals surface area (Å²) in [7, 11) is 0. The molecule has 1 saturated heterocycles. The van der Waals surface area contributed by atoms with Gasteiger partial charge in [0.05, 0.1) is 15.7 Å². The fourth-order valence-electron chi connectivity index (χ4n) is 3.57. The van der Waals surface area contributed by atoms with E-state index in [1.807, 2.05) is 18.2 Å². The summed E-state index contributed by atoms with van der Waals surface area (Å²) in [6.45, 7) is 8.85. The standard InChI is InChI=1S/C17H24Cl2N2/c1-11(2)15-9-20-17(3,12-7-8-12)10-21(15)16-13(18)5-4-6-14(16)19/h4-6,11-12,15,20H,7-10H2,1-3H3. The quantitative estimate of drug-likeness (QED) is 0.873. The van der Waals surface area contributed by atoms with E-state index < -0.39 is 0 Å². The van der Waals surface area contributed by atoms with Crippen LogP contribution in [0.1, 0.15) is 33.6 Å². The van der Waals surface area contributed by atoms with Crippen molar-refractivity contribution in [2.24, 2.45) is 11.8 Å². The molecule has 1 aromatic rings. The number of nitrogens with zero attached hydrogens (tertiary/aromatic N) is 1. The van der Waals surface area contributed by atoms with Gasteiger partial charge in [0.25, 0.3) is 0 Å². The Bertz CT molecular complexity index is 507. The maximum Gasteiger partial charge on any atom is 0.0748 e. The molecule has 2 unspecified atom stereocenters. The summed E-state index contributed by atoms with van der Waals surface area (Å²) >= 11 is 12.9. The number of benzene rings is 1. The normalized spacial score (nSPS) is 30.0. The van der Waals surface area contributed by atoms with Crippen LogP contribution in [0.4, 0.5) is 5.69 Å². The monoisotopic (exact) mass is 326 g/mol. The summed E-state index contributed by atoms with van der Waals surface area (Å²) in [6.07, 6.45) is 2.67. The minimum atomic E-state index is 0.174. The van der Waals surface area contributed by atoms with Gasteiger partial charge in [0.2, 0.25) is 0 Å². The number of anilines is 1. The first kappa shape index (κ1) is 15.5. The largest absolute Gasteiger partial charge is 0.363 e. The zero-order chi connectivity index (χ0) is 15.2. The summed E-state index contributed by atoms with van der Waals surface area (Å²) in [5.41, 5.74) is 1.18. The fourth-order valence-corrected chi connectivity index (χ4v) is 4.19. The molecule has 0 aromatic heterocycles. The molecule has 1 N–H and O–H groups in total. The number of para-hydroxylation sites is 1. The van der Waals surface area contributed by atoms with E-state index in [4.69, 9.17) is 23.2 Å². The lowest BCUT2D eigenvalue weighted by Crippen LogP contribution is -2.65. The molecule has 1 saturated carbocycles. The second-order valence-electron chi connectivity index (χ2n) is 7.08. The number of halogens is 2. The van der Waals surface area contributed by atoms with Crippen molar-refractivity contribution in [2.75, 3.05) is 18.0 Å². The maximum atomic E-state index is 6.47. The fraction of sp³-hybridized carbons (Fsp3) is 0.647. The van der Waals surface area contributed by atoms with E-state index in [1.54, 1.807) is 0 Å². The molecule has 2 atom stereocenters. The molecule has 21 heavy (non-hydrogen) atoms. The third kappa shape index (κ3) is 2.91. The van der Waals surface area contributed by atoms with Crippen molar-refractivity contribution in [3.8, 4) is 0 Å². The molecule has 1 aliphatic heterocycles. The predicted octanol–water partition coefficient (Wildman–Crippen LogP) is 4.60. The van der Waals surface area contributed by atoms with Crippen LogP contribution in [0.2, 0.25) is 10.0 Å². The number of piperazine rings is 1. The molecule has 2 fully saturated rings. The van der Waals surface area contributed by atoms with Gasteiger partial charge in [-0.3, -0.25) is 0 Å². The van der Waals surface area contributed by atoms with Crippen LogP contribution in [0.3, 0.4) is 0 Å². The zero-order valence-corrected chi connectivity index (χ0v) is 14.5. The van der Waals surface area contributed by atoms with E-state index in [1.165, 1.54) is 12.8 Å². The average Bonchev–Trinajstić information content (AvgIpc) is 3.23. The number of nitrogens with one attached hydrogen (secondary N) is 1. The molecule has 0 bridgehead atoms. The summed E-state index contributed by atoms with van der Waals surface area (Å²) in [6, 6.07) is 6.22. The van der Waals surface area contributed by atoms with Crippen LogP contribution in [-0.4, -0.2) is 24.7 Å². The van der Waals surface area contributed by atoms with Crippen molar-refractivity contribution in [2.45, 2.75) is 45.2 Å². The minimum Gasteiger partial charge on any atom is -0.363 e.